The van der Waals surface area contributed by atoms with Gasteiger partial charge in [-0.2, -0.15) is 0 Å². The number of amides is 2. The van der Waals surface area contributed by atoms with Gasteiger partial charge in [0.2, 0.25) is 0 Å². The Balaban J connectivity index is 1.44. The summed E-state index contributed by atoms with van der Waals surface area (Å²) in [6, 6.07) is 18.3. The summed E-state index contributed by atoms with van der Waals surface area (Å²) in [5.41, 5.74) is 3.25. The number of aryl methyl sites for hydroxylation is 1. The normalized spacial score (nSPS) is 13.9. The van der Waals surface area contributed by atoms with E-state index in [1.165, 1.54) is 0 Å². The van der Waals surface area contributed by atoms with Gasteiger partial charge in [-0.05, 0) is 80.8 Å². The van der Waals surface area contributed by atoms with Crippen molar-refractivity contribution in [3.05, 3.63) is 89.2 Å². The standard InChI is InChI=1S/C25H25N3O3/c1-16-6-13-21(25(30)27-19-9-10-19)23(15-16)28-24(29)18-7-11-20(12-8-18)31-17(2)22-5-3-4-14-26-22/h3-8,11-15,17,19H,9-10H2,1-2H3,(H,27,30)(H,28,29). The number of ether oxygens (including phenoxy) is 1. The van der Waals surface area contributed by atoms with Crippen LogP contribution in [0.3, 0.4) is 0 Å². The van der Waals surface area contributed by atoms with Gasteiger partial charge in [-0.25, -0.2) is 0 Å². The van der Waals surface area contributed by atoms with Crippen molar-refractivity contribution in [2.75, 3.05) is 5.32 Å². The highest BCUT2D eigenvalue weighted by Gasteiger charge is 2.25. The van der Waals surface area contributed by atoms with Crippen LogP contribution in [0, 0.1) is 6.92 Å². The smallest absolute Gasteiger partial charge is 0.255 e. The molecule has 1 aliphatic carbocycles. The Morgan fingerprint density at radius 2 is 1.81 bits per heavy atom. The van der Waals surface area contributed by atoms with E-state index in [4.69, 9.17) is 4.74 Å². The third-order valence-electron chi connectivity index (χ3n) is 5.11. The molecule has 0 saturated heterocycles. The molecular formula is C25H25N3O3. The third kappa shape index (κ3) is 5.28. The van der Waals surface area contributed by atoms with Crippen LogP contribution >= 0.6 is 0 Å². The molecule has 0 bridgehead atoms. The predicted octanol–water partition coefficient (Wildman–Crippen LogP) is 4.67. The summed E-state index contributed by atoms with van der Waals surface area (Å²) in [5, 5.41) is 5.85. The van der Waals surface area contributed by atoms with Crippen molar-refractivity contribution in [3.63, 3.8) is 0 Å². The molecule has 0 spiro atoms. The number of aromatic nitrogens is 1. The molecule has 6 nitrogen and oxygen atoms in total. The minimum absolute atomic E-state index is 0.162. The van der Waals surface area contributed by atoms with E-state index < -0.39 is 0 Å². The van der Waals surface area contributed by atoms with E-state index in [2.05, 4.69) is 15.6 Å². The fourth-order valence-corrected chi connectivity index (χ4v) is 3.21. The lowest BCUT2D eigenvalue weighted by Crippen LogP contribution is -2.27. The van der Waals surface area contributed by atoms with Gasteiger partial charge in [-0.1, -0.05) is 12.1 Å². The van der Waals surface area contributed by atoms with E-state index in [0.29, 0.717) is 22.6 Å². The second-order valence-electron chi connectivity index (χ2n) is 7.79. The molecule has 31 heavy (non-hydrogen) atoms. The first-order chi connectivity index (χ1) is 15.0. The molecule has 2 aromatic carbocycles. The van der Waals surface area contributed by atoms with E-state index >= 15 is 0 Å². The highest BCUT2D eigenvalue weighted by Crippen LogP contribution is 2.24. The van der Waals surface area contributed by atoms with Crippen molar-refractivity contribution in [2.45, 2.75) is 38.8 Å². The topological polar surface area (TPSA) is 80.3 Å². The number of hydrogen-bond acceptors (Lipinski definition) is 4. The van der Waals surface area contributed by atoms with E-state index in [1.54, 1.807) is 36.5 Å². The quantitative estimate of drug-likeness (QED) is 0.587. The molecule has 2 N–H and O–H groups in total. The molecule has 1 aromatic heterocycles. The molecule has 158 valence electrons. The van der Waals surface area contributed by atoms with Crippen LogP contribution in [0.15, 0.2) is 66.9 Å². The molecule has 2 amide bonds. The highest BCUT2D eigenvalue weighted by molar-refractivity contribution is 6.09. The fourth-order valence-electron chi connectivity index (χ4n) is 3.21. The van der Waals surface area contributed by atoms with E-state index in [1.807, 2.05) is 44.2 Å². The molecule has 1 heterocycles. The molecule has 1 aliphatic rings. The zero-order valence-corrected chi connectivity index (χ0v) is 17.6. The number of hydrogen-bond donors (Lipinski definition) is 2. The molecule has 6 heteroatoms. The number of nitrogens with one attached hydrogen (secondary N) is 2. The SMILES string of the molecule is Cc1ccc(C(=O)NC2CC2)c(NC(=O)c2ccc(OC(C)c3ccccn3)cc2)c1. The van der Waals surface area contributed by atoms with Crippen LogP contribution < -0.4 is 15.4 Å². The number of carbonyl (C=O) groups is 2. The maximum Gasteiger partial charge on any atom is 0.255 e. The molecule has 3 aromatic rings. The first-order valence-electron chi connectivity index (χ1n) is 10.4. The van der Waals surface area contributed by atoms with Gasteiger partial charge < -0.3 is 15.4 Å². The van der Waals surface area contributed by atoms with Gasteiger partial charge in [-0.15, -0.1) is 0 Å². The van der Waals surface area contributed by atoms with Crippen LogP contribution in [0.5, 0.6) is 5.75 Å². The van der Waals surface area contributed by atoms with Crippen LogP contribution in [0.4, 0.5) is 5.69 Å². The van der Waals surface area contributed by atoms with E-state index in [9.17, 15) is 9.59 Å². The van der Waals surface area contributed by atoms with E-state index in [-0.39, 0.29) is 24.0 Å². The van der Waals surface area contributed by atoms with Crippen LogP contribution in [0.1, 0.15) is 57.8 Å². The lowest BCUT2D eigenvalue weighted by Gasteiger charge is -2.15. The largest absolute Gasteiger partial charge is 0.484 e. The summed E-state index contributed by atoms with van der Waals surface area (Å²) >= 11 is 0. The monoisotopic (exact) mass is 415 g/mol. The zero-order chi connectivity index (χ0) is 21.8. The predicted molar refractivity (Wildman–Crippen MR) is 119 cm³/mol. The van der Waals surface area contributed by atoms with Crippen molar-refractivity contribution in [1.29, 1.82) is 0 Å². The summed E-state index contributed by atoms with van der Waals surface area (Å²) < 4.78 is 5.92. The fraction of sp³-hybridized carbons (Fsp3) is 0.240. The maximum absolute atomic E-state index is 12.8. The number of carbonyl (C=O) groups excluding carboxylic acids is 2. The molecule has 4 rings (SSSR count). The number of nitrogens with zero attached hydrogens (tertiary/aromatic N) is 1. The number of benzene rings is 2. The minimum atomic E-state index is -0.282. The number of anilines is 1. The molecular weight excluding hydrogens is 390 g/mol. The van der Waals surface area contributed by atoms with Crippen molar-refractivity contribution in [2.24, 2.45) is 0 Å². The Kier molecular flexibility index (Phi) is 5.98. The molecule has 1 saturated carbocycles. The summed E-state index contributed by atoms with van der Waals surface area (Å²) in [6.45, 7) is 3.85. The number of rotatable bonds is 7. The average Bonchev–Trinajstić information content (AvgIpc) is 3.59. The Bertz CT molecular complexity index is 1080. The number of pyridine rings is 1. The minimum Gasteiger partial charge on any atom is -0.484 e. The van der Waals surface area contributed by atoms with Gasteiger partial charge in [0.05, 0.1) is 16.9 Å². The van der Waals surface area contributed by atoms with E-state index in [0.717, 1.165) is 24.1 Å². The van der Waals surface area contributed by atoms with Crippen molar-refractivity contribution in [3.8, 4) is 5.75 Å². The second kappa shape index (κ2) is 9.00. The van der Waals surface area contributed by atoms with Crippen LogP contribution in [0.25, 0.3) is 0 Å². The zero-order valence-electron chi connectivity index (χ0n) is 17.6. The second-order valence-corrected chi connectivity index (χ2v) is 7.79. The summed E-state index contributed by atoms with van der Waals surface area (Å²) in [5.74, 6) is 0.204. The van der Waals surface area contributed by atoms with Crippen molar-refractivity contribution < 1.29 is 14.3 Å². The van der Waals surface area contributed by atoms with Gasteiger partial charge in [0.1, 0.15) is 11.9 Å². The Morgan fingerprint density at radius 3 is 2.48 bits per heavy atom. The summed E-state index contributed by atoms with van der Waals surface area (Å²) in [7, 11) is 0. The van der Waals surface area contributed by atoms with Gasteiger partial charge >= 0.3 is 0 Å². The van der Waals surface area contributed by atoms with Gasteiger partial charge in [-0.3, -0.25) is 14.6 Å². The lowest BCUT2D eigenvalue weighted by atomic mass is 10.1. The van der Waals surface area contributed by atoms with Crippen LogP contribution in [-0.4, -0.2) is 22.8 Å². The Labute approximate surface area is 181 Å². The summed E-state index contributed by atoms with van der Waals surface area (Å²) in [4.78, 5) is 29.6. The highest BCUT2D eigenvalue weighted by atomic mass is 16.5. The maximum atomic E-state index is 12.8. The summed E-state index contributed by atoms with van der Waals surface area (Å²) in [6.07, 6.45) is 3.53. The molecule has 1 fully saturated rings. The first kappa shape index (κ1) is 20.6. The molecule has 0 aliphatic heterocycles. The van der Waals surface area contributed by atoms with Crippen molar-refractivity contribution >= 4 is 17.5 Å². The molecule has 1 unspecified atom stereocenters. The van der Waals surface area contributed by atoms with Gasteiger partial charge in [0.25, 0.3) is 11.8 Å². The average molecular weight is 415 g/mol. The lowest BCUT2D eigenvalue weighted by molar-refractivity contribution is 0.0952. The van der Waals surface area contributed by atoms with Crippen LogP contribution in [0.2, 0.25) is 0 Å². The Hall–Kier alpha value is -3.67. The van der Waals surface area contributed by atoms with Gasteiger partial charge in [0, 0.05) is 17.8 Å². The molecule has 1 atom stereocenters. The Morgan fingerprint density at radius 1 is 1.03 bits per heavy atom. The van der Waals surface area contributed by atoms with Crippen molar-refractivity contribution in [1.82, 2.24) is 10.3 Å². The third-order valence-corrected chi connectivity index (χ3v) is 5.11. The molecule has 0 radical (unpaired) electrons. The van der Waals surface area contributed by atoms with Gasteiger partial charge in [0.15, 0.2) is 0 Å². The van der Waals surface area contributed by atoms with Crippen LogP contribution in [-0.2, 0) is 0 Å². The first-order valence-corrected chi connectivity index (χ1v) is 10.4.